The van der Waals surface area contributed by atoms with E-state index in [-0.39, 0.29) is 11.8 Å². The number of rotatable bonds is 3. The molecule has 4 rings (SSSR count). The molecule has 0 aromatic heterocycles. The van der Waals surface area contributed by atoms with Gasteiger partial charge in [-0.1, -0.05) is 22.0 Å². The second-order valence-electron chi connectivity index (χ2n) is 7.12. The maximum Gasteiger partial charge on any atom is 0.233 e. The van der Waals surface area contributed by atoms with Crippen molar-refractivity contribution in [3.63, 3.8) is 0 Å². The Kier molecular flexibility index (Phi) is 5.27. The highest BCUT2D eigenvalue weighted by molar-refractivity contribution is 9.10. The first-order valence-corrected chi connectivity index (χ1v) is 10.0. The number of nitrogens with one attached hydrogen (secondary N) is 1. The van der Waals surface area contributed by atoms with Crippen LogP contribution < -0.4 is 10.2 Å². The molecule has 1 saturated heterocycles. The van der Waals surface area contributed by atoms with Crippen molar-refractivity contribution in [2.75, 3.05) is 38.1 Å². The molecule has 2 aromatic rings. The van der Waals surface area contributed by atoms with Crippen molar-refractivity contribution < 1.29 is 4.79 Å². The maximum atomic E-state index is 12.3. The van der Waals surface area contributed by atoms with Gasteiger partial charge >= 0.3 is 0 Å². The van der Waals surface area contributed by atoms with Gasteiger partial charge < -0.3 is 15.1 Å². The minimum absolute atomic E-state index is 0.00148. The van der Waals surface area contributed by atoms with E-state index >= 15 is 0 Å². The number of hydrogen-bond acceptors (Lipinski definition) is 4. The molecule has 0 radical (unpaired) electrons. The number of piperazine rings is 1. The van der Waals surface area contributed by atoms with Crippen molar-refractivity contribution in [3.05, 3.63) is 58.1 Å². The number of likely N-dealkylation sites (N-methyl/N-ethyl adjacent to an activating group) is 1. The molecule has 5 nitrogen and oxygen atoms in total. The second kappa shape index (κ2) is 7.82. The minimum Gasteiger partial charge on any atom is -0.369 e. The van der Waals surface area contributed by atoms with Gasteiger partial charge in [0.15, 0.2) is 0 Å². The number of benzene rings is 2. The molecule has 6 heteroatoms. The van der Waals surface area contributed by atoms with Crippen LogP contribution in [0.2, 0.25) is 0 Å². The number of carbonyl (C=O) groups is 1. The first-order valence-electron chi connectivity index (χ1n) is 9.24. The summed E-state index contributed by atoms with van der Waals surface area (Å²) in [6.45, 7) is 4.85. The third-order valence-corrected chi connectivity index (χ3v) is 5.76. The summed E-state index contributed by atoms with van der Waals surface area (Å²) in [4.78, 5) is 21.7. The van der Waals surface area contributed by atoms with Crippen LogP contribution in [-0.4, -0.2) is 50.2 Å². The zero-order valence-corrected chi connectivity index (χ0v) is 16.9. The molecule has 1 N–H and O–H groups in total. The molecule has 0 spiro atoms. The highest BCUT2D eigenvalue weighted by Crippen LogP contribution is 2.28. The maximum absolute atomic E-state index is 12.3. The Balaban J connectivity index is 1.50. The van der Waals surface area contributed by atoms with E-state index < -0.39 is 0 Å². The number of carbonyl (C=O) groups excluding carboxylic acids is 1. The van der Waals surface area contributed by atoms with Crippen LogP contribution in [0.3, 0.4) is 0 Å². The lowest BCUT2D eigenvalue weighted by Gasteiger charge is -2.34. The summed E-state index contributed by atoms with van der Waals surface area (Å²) in [6.07, 6.45) is 1.75. The fourth-order valence-electron chi connectivity index (χ4n) is 3.57. The normalized spacial score (nSPS) is 20.6. The molecule has 1 atom stereocenters. The fourth-order valence-corrected chi connectivity index (χ4v) is 3.95. The third-order valence-electron chi connectivity index (χ3n) is 5.27. The first kappa shape index (κ1) is 18.2. The summed E-state index contributed by atoms with van der Waals surface area (Å²) in [6, 6.07) is 14.3. The highest BCUT2D eigenvalue weighted by atomic mass is 79.9. The predicted molar refractivity (Wildman–Crippen MR) is 113 cm³/mol. The van der Waals surface area contributed by atoms with E-state index in [0.717, 1.165) is 47.5 Å². The largest absolute Gasteiger partial charge is 0.369 e. The van der Waals surface area contributed by atoms with E-state index in [9.17, 15) is 4.79 Å². The van der Waals surface area contributed by atoms with Gasteiger partial charge in [0.25, 0.3) is 0 Å². The highest BCUT2D eigenvalue weighted by Gasteiger charge is 2.26. The Morgan fingerprint density at radius 3 is 2.59 bits per heavy atom. The molecular formula is C21H23BrN4O. The van der Waals surface area contributed by atoms with Gasteiger partial charge in [0, 0.05) is 49.1 Å². The van der Waals surface area contributed by atoms with E-state index in [1.807, 2.05) is 30.3 Å². The van der Waals surface area contributed by atoms with Gasteiger partial charge in [0.2, 0.25) is 5.91 Å². The van der Waals surface area contributed by atoms with Crippen LogP contribution in [0.1, 0.15) is 17.0 Å². The summed E-state index contributed by atoms with van der Waals surface area (Å²) in [7, 11) is 2.16. The molecule has 2 aromatic carbocycles. The fraction of sp³-hybridized carbons (Fsp3) is 0.333. The van der Waals surface area contributed by atoms with Crippen LogP contribution in [0.5, 0.6) is 0 Å². The van der Waals surface area contributed by atoms with E-state index in [0.29, 0.717) is 6.54 Å². The minimum atomic E-state index is -0.358. The molecule has 140 valence electrons. The van der Waals surface area contributed by atoms with Gasteiger partial charge in [-0.05, 0) is 54.6 Å². The molecule has 0 saturated carbocycles. The summed E-state index contributed by atoms with van der Waals surface area (Å²) < 4.78 is 0.978. The molecule has 1 amide bonds. The number of hydrogen-bond donors (Lipinski definition) is 1. The number of nitrogens with zero attached hydrogens (tertiary/aromatic N) is 3. The quantitative estimate of drug-likeness (QED) is 0.765. The van der Waals surface area contributed by atoms with Gasteiger partial charge in [-0.25, -0.2) is 0 Å². The number of amides is 1. The summed E-state index contributed by atoms with van der Waals surface area (Å²) in [5.41, 5.74) is 4.25. The van der Waals surface area contributed by atoms with Gasteiger partial charge in [-0.3, -0.25) is 9.79 Å². The predicted octanol–water partition coefficient (Wildman–Crippen LogP) is 3.32. The SMILES string of the molecule is CN1CCN(c2ccc(N=CC3C(=O)NCc4ccc(Br)cc43)cc2)CC1. The molecule has 0 aliphatic carbocycles. The molecular weight excluding hydrogens is 404 g/mol. The van der Waals surface area contributed by atoms with Gasteiger partial charge in [-0.15, -0.1) is 0 Å². The Bertz CT molecular complexity index is 857. The van der Waals surface area contributed by atoms with E-state index in [4.69, 9.17) is 0 Å². The van der Waals surface area contributed by atoms with Gasteiger partial charge in [-0.2, -0.15) is 0 Å². The Labute approximate surface area is 168 Å². The lowest BCUT2D eigenvalue weighted by molar-refractivity contribution is -0.121. The van der Waals surface area contributed by atoms with E-state index in [1.54, 1.807) is 6.21 Å². The monoisotopic (exact) mass is 426 g/mol. The standard InChI is InChI=1S/C21H23BrN4O/c1-25-8-10-26(11-9-25)18-6-4-17(5-7-18)23-14-20-19-12-16(22)3-2-15(19)13-24-21(20)27/h2-7,12,14,20H,8-11,13H2,1H3,(H,24,27). The van der Waals surface area contributed by atoms with Gasteiger partial charge in [0.1, 0.15) is 0 Å². The third kappa shape index (κ3) is 4.06. The van der Waals surface area contributed by atoms with Crippen molar-refractivity contribution in [2.45, 2.75) is 12.5 Å². The van der Waals surface area contributed by atoms with Crippen LogP contribution >= 0.6 is 15.9 Å². The molecule has 1 unspecified atom stereocenters. The van der Waals surface area contributed by atoms with Crippen LogP contribution in [0.25, 0.3) is 0 Å². The lowest BCUT2D eigenvalue weighted by atomic mass is 9.91. The zero-order valence-electron chi connectivity index (χ0n) is 15.4. The number of halogens is 1. The summed E-state index contributed by atoms with van der Waals surface area (Å²) >= 11 is 3.50. The van der Waals surface area contributed by atoms with Crippen molar-refractivity contribution in [1.29, 1.82) is 0 Å². The van der Waals surface area contributed by atoms with E-state index in [1.165, 1.54) is 5.69 Å². The Morgan fingerprint density at radius 2 is 1.85 bits per heavy atom. The molecule has 2 aliphatic rings. The Hall–Kier alpha value is -2.18. The van der Waals surface area contributed by atoms with E-state index in [2.05, 4.69) is 55.2 Å². The van der Waals surface area contributed by atoms with Crippen molar-refractivity contribution in [2.24, 2.45) is 4.99 Å². The average molecular weight is 427 g/mol. The molecule has 2 heterocycles. The molecule has 0 bridgehead atoms. The lowest BCUT2D eigenvalue weighted by Crippen LogP contribution is -2.44. The zero-order chi connectivity index (χ0) is 18.8. The van der Waals surface area contributed by atoms with Crippen LogP contribution in [0.15, 0.2) is 51.9 Å². The summed E-state index contributed by atoms with van der Waals surface area (Å²) in [5.74, 6) is -0.359. The average Bonchev–Trinajstić information content (AvgIpc) is 2.68. The second-order valence-corrected chi connectivity index (χ2v) is 8.04. The van der Waals surface area contributed by atoms with Crippen molar-refractivity contribution in [1.82, 2.24) is 10.2 Å². The number of aliphatic imine (C=N–C) groups is 1. The van der Waals surface area contributed by atoms with Crippen LogP contribution in [0, 0.1) is 0 Å². The van der Waals surface area contributed by atoms with Gasteiger partial charge in [0.05, 0.1) is 11.6 Å². The number of fused-ring (bicyclic) bond motifs is 1. The topological polar surface area (TPSA) is 47.9 Å². The first-order chi connectivity index (χ1) is 13.1. The van der Waals surface area contributed by atoms with Crippen molar-refractivity contribution >= 4 is 39.4 Å². The van der Waals surface area contributed by atoms with Crippen LogP contribution in [0.4, 0.5) is 11.4 Å². The summed E-state index contributed by atoms with van der Waals surface area (Å²) in [5, 5.41) is 2.94. The van der Waals surface area contributed by atoms with Crippen molar-refractivity contribution in [3.8, 4) is 0 Å². The smallest absolute Gasteiger partial charge is 0.233 e. The number of anilines is 1. The molecule has 27 heavy (non-hydrogen) atoms. The molecule has 1 fully saturated rings. The molecule has 2 aliphatic heterocycles. The Morgan fingerprint density at radius 1 is 1.11 bits per heavy atom. The van der Waals surface area contributed by atoms with Crippen LogP contribution in [-0.2, 0) is 11.3 Å².